The third-order valence-corrected chi connectivity index (χ3v) is 3.86. The summed E-state index contributed by atoms with van der Waals surface area (Å²) in [5, 5.41) is 11.7. The Bertz CT molecular complexity index is 600. The van der Waals surface area contributed by atoms with E-state index < -0.39 is 0 Å². The van der Waals surface area contributed by atoms with Gasteiger partial charge >= 0.3 is 0 Å². The average Bonchev–Trinajstić information content (AvgIpc) is 2.80. The van der Waals surface area contributed by atoms with Gasteiger partial charge in [0.15, 0.2) is 0 Å². The number of aromatic amines is 1. The van der Waals surface area contributed by atoms with Gasteiger partial charge in [-0.2, -0.15) is 5.10 Å². The van der Waals surface area contributed by atoms with Crippen LogP contribution >= 0.6 is 0 Å². The van der Waals surface area contributed by atoms with Crippen molar-refractivity contribution in [3.63, 3.8) is 0 Å². The molecule has 1 atom stereocenters. The van der Waals surface area contributed by atoms with Crippen molar-refractivity contribution >= 4 is 16.6 Å². The summed E-state index contributed by atoms with van der Waals surface area (Å²) < 4.78 is 6.11. The van der Waals surface area contributed by atoms with Gasteiger partial charge in [-0.25, -0.2) is 0 Å². The molecular formula is C15H21N3O. The first-order chi connectivity index (χ1) is 8.86. The second kappa shape index (κ2) is 3.97. The zero-order chi connectivity index (χ0) is 13.7. The van der Waals surface area contributed by atoms with Crippen molar-refractivity contribution in [3.8, 4) is 0 Å². The van der Waals surface area contributed by atoms with Crippen LogP contribution in [0, 0.1) is 0 Å². The monoisotopic (exact) mass is 259 g/mol. The van der Waals surface area contributed by atoms with Crippen molar-refractivity contribution < 1.29 is 4.74 Å². The van der Waals surface area contributed by atoms with E-state index in [4.69, 9.17) is 4.74 Å². The summed E-state index contributed by atoms with van der Waals surface area (Å²) in [7, 11) is 0. The Morgan fingerprint density at radius 3 is 2.79 bits per heavy atom. The van der Waals surface area contributed by atoms with Crippen LogP contribution < -0.4 is 5.32 Å². The van der Waals surface area contributed by atoms with Gasteiger partial charge in [0.2, 0.25) is 0 Å². The molecule has 0 radical (unpaired) electrons. The molecule has 1 aromatic heterocycles. The zero-order valence-corrected chi connectivity index (χ0v) is 11.9. The fraction of sp³-hybridized carbons (Fsp3) is 0.533. The number of hydrogen-bond acceptors (Lipinski definition) is 3. The van der Waals surface area contributed by atoms with Crippen LogP contribution in [0.15, 0.2) is 24.4 Å². The molecule has 0 aliphatic carbocycles. The van der Waals surface area contributed by atoms with Crippen molar-refractivity contribution in [2.24, 2.45) is 0 Å². The molecule has 1 aromatic carbocycles. The molecule has 1 aliphatic heterocycles. The highest BCUT2D eigenvalue weighted by Gasteiger charge is 2.45. The molecule has 3 rings (SSSR count). The van der Waals surface area contributed by atoms with Crippen LogP contribution in [0.1, 0.15) is 34.1 Å². The second-order valence-corrected chi connectivity index (χ2v) is 6.54. The number of nitrogens with zero attached hydrogens (tertiary/aromatic N) is 1. The van der Waals surface area contributed by atoms with Crippen molar-refractivity contribution in [1.29, 1.82) is 0 Å². The molecule has 19 heavy (non-hydrogen) atoms. The van der Waals surface area contributed by atoms with Crippen LogP contribution in [0.4, 0.5) is 5.69 Å². The smallest absolute Gasteiger partial charge is 0.0834 e. The molecule has 4 heteroatoms. The highest BCUT2D eigenvalue weighted by Crippen LogP contribution is 2.39. The maximum Gasteiger partial charge on any atom is 0.0834 e. The van der Waals surface area contributed by atoms with E-state index in [9.17, 15) is 0 Å². The molecule has 1 unspecified atom stereocenters. The summed E-state index contributed by atoms with van der Waals surface area (Å²) in [6.07, 6.45) is 2.85. The van der Waals surface area contributed by atoms with E-state index in [-0.39, 0.29) is 11.2 Å². The number of aromatic nitrogens is 2. The number of fused-ring (bicyclic) bond motifs is 1. The van der Waals surface area contributed by atoms with E-state index in [0.29, 0.717) is 6.04 Å². The zero-order valence-electron chi connectivity index (χ0n) is 11.9. The third-order valence-electron chi connectivity index (χ3n) is 3.86. The maximum absolute atomic E-state index is 6.11. The van der Waals surface area contributed by atoms with Gasteiger partial charge in [0.25, 0.3) is 0 Å². The Balaban J connectivity index is 1.84. The van der Waals surface area contributed by atoms with Gasteiger partial charge in [-0.15, -0.1) is 0 Å². The quantitative estimate of drug-likeness (QED) is 0.869. The molecule has 4 nitrogen and oxygen atoms in total. The first-order valence-corrected chi connectivity index (χ1v) is 6.76. The number of nitrogens with one attached hydrogen (secondary N) is 2. The van der Waals surface area contributed by atoms with Crippen molar-refractivity contribution in [1.82, 2.24) is 10.2 Å². The lowest BCUT2D eigenvalue weighted by molar-refractivity contribution is -0.0662. The summed E-state index contributed by atoms with van der Waals surface area (Å²) in [5.74, 6) is 0. The van der Waals surface area contributed by atoms with Crippen molar-refractivity contribution in [2.75, 3.05) is 5.32 Å². The lowest BCUT2D eigenvalue weighted by Gasteiger charge is -2.28. The first kappa shape index (κ1) is 12.5. The Labute approximate surface area is 113 Å². The molecule has 0 spiro atoms. The summed E-state index contributed by atoms with van der Waals surface area (Å²) in [5.41, 5.74) is 1.96. The topological polar surface area (TPSA) is 49.9 Å². The largest absolute Gasteiger partial charge is 0.379 e. The van der Waals surface area contributed by atoms with Gasteiger partial charge in [-0.1, -0.05) is 0 Å². The molecule has 2 heterocycles. The van der Waals surface area contributed by atoms with Crippen LogP contribution in [0.25, 0.3) is 10.9 Å². The molecular weight excluding hydrogens is 238 g/mol. The minimum Gasteiger partial charge on any atom is -0.379 e. The van der Waals surface area contributed by atoms with Crippen LogP contribution in [0.2, 0.25) is 0 Å². The Morgan fingerprint density at radius 1 is 1.32 bits per heavy atom. The van der Waals surface area contributed by atoms with Gasteiger partial charge < -0.3 is 10.1 Å². The molecule has 0 saturated carbocycles. The number of benzene rings is 1. The van der Waals surface area contributed by atoms with E-state index in [2.05, 4.69) is 61.4 Å². The highest BCUT2D eigenvalue weighted by atomic mass is 16.5. The van der Waals surface area contributed by atoms with E-state index in [1.54, 1.807) is 0 Å². The Morgan fingerprint density at radius 2 is 2.11 bits per heavy atom. The first-order valence-electron chi connectivity index (χ1n) is 6.76. The van der Waals surface area contributed by atoms with Crippen LogP contribution in [-0.2, 0) is 4.74 Å². The number of anilines is 1. The van der Waals surface area contributed by atoms with Gasteiger partial charge in [0.05, 0.1) is 29.0 Å². The van der Waals surface area contributed by atoms with E-state index in [1.165, 1.54) is 0 Å². The maximum atomic E-state index is 6.11. The van der Waals surface area contributed by atoms with E-state index in [1.807, 2.05) is 6.20 Å². The Hall–Kier alpha value is -1.55. The number of rotatable bonds is 2. The predicted octanol–water partition coefficient (Wildman–Crippen LogP) is 3.32. The molecule has 2 N–H and O–H groups in total. The normalized spacial score (nSPS) is 24.7. The second-order valence-electron chi connectivity index (χ2n) is 6.54. The number of H-pyrrole nitrogens is 1. The molecule has 1 saturated heterocycles. The Kier molecular flexibility index (Phi) is 2.61. The number of hydrogen-bond donors (Lipinski definition) is 2. The van der Waals surface area contributed by atoms with Crippen molar-refractivity contribution in [3.05, 3.63) is 24.4 Å². The van der Waals surface area contributed by atoms with Crippen LogP contribution in [0.3, 0.4) is 0 Å². The summed E-state index contributed by atoms with van der Waals surface area (Å²) >= 11 is 0. The molecule has 1 fully saturated rings. The third kappa shape index (κ3) is 2.32. The van der Waals surface area contributed by atoms with Gasteiger partial charge in [-0.05, 0) is 52.3 Å². The van der Waals surface area contributed by atoms with Gasteiger partial charge in [-0.3, -0.25) is 5.10 Å². The van der Waals surface area contributed by atoms with E-state index >= 15 is 0 Å². The SMILES string of the molecule is CC1(C)CC(Nc2ccc3[nH]ncc3c2)C(C)(C)O1. The van der Waals surface area contributed by atoms with Gasteiger partial charge in [0, 0.05) is 11.1 Å². The van der Waals surface area contributed by atoms with Gasteiger partial charge in [0.1, 0.15) is 0 Å². The summed E-state index contributed by atoms with van der Waals surface area (Å²) in [6.45, 7) is 8.59. The van der Waals surface area contributed by atoms with Crippen LogP contribution in [0.5, 0.6) is 0 Å². The van der Waals surface area contributed by atoms with Crippen LogP contribution in [-0.4, -0.2) is 27.4 Å². The lowest BCUT2D eigenvalue weighted by atomic mass is 9.94. The number of ether oxygens (including phenoxy) is 1. The lowest BCUT2D eigenvalue weighted by Crippen LogP contribution is -2.38. The predicted molar refractivity (Wildman–Crippen MR) is 77.4 cm³/mol. The molecule has 2 aromatic rings. The molecule has 0 bridgehead atoms. The minimum atomic E-state index is -0.158. The fourth-order valence-electron chi connectivity index (χ4n) is 3.02. The fourth-order valence-corrected chi connectivity index (χ4v) is 3.02. The molecule has 102 valence electrons. The molecule has 0 amide bonds. The summed E-state index contributed by atoms with van der Waals surface area (Å²) in [6, 6.07) is 6.58. The van der Waals surface area contributed by atoms with Crippen molar-refractivity contribution in [2.45, 2.75) is 51.4 Å². The minimum absolute atomic E-state index is 0.0685. The molecule has 1 aliphatic rings. The highest BCUT2D eigenvalue weighted by molar-refractivity contribution is 5.81. The van der Waals surface area contributed by atoms with E-state index in [0.717, 1.165) is 23.0 Å². The summed E-state index contributed by atoms with van der Waals surface area (Å²) in [4.78, 5) is 0. The standard InChI is InChI=1S/C15H21N3O/c1-14(2)8-13(15(3,4)19-14)17-11-5-6-12-10(7-11)9-16-18-12/h5-7,9,13,17H,8H2,1-4H3,(H,16,18). The average molecular weight is 259 g/mol.